The van der Waals surface area contributed by atoms with Crippen molar-refractivity contribution >= 4 is 47.3 Å². The summed E-state index contributed by atoms with van der Waals surface area (Å²) in [6.45, 7) is 5.60. The van der Waals surface area contributed by atoms with Crippen molar-refractivity contribution < 1.29 is 33.9 Å². The first-order valence-corrected chi connectivity index (χ1v) is 11.5. The number of fused-ring (bicyclic) bond motifs is 1. The molecule has 1 aliphatic rings. The number of amides is 4. The minimum Gasteiger partial charge on any atom is -0.481 e. The summed E-state index contributed by atoms with van der Waals surface area (Å²) in [5, 5.41) is 13.7. The van der Waals surface area contributed by atoms with Gasteiger partial charge in [0.1, 0.15) is 18.4 Å². The summed E-state index contributed by atoms with van der Waals surface area (Å²) in [6, 6.07) is 8.65. The average molecular weight is 509 g/mol. The molecule has 0 spiro atoms. The molecule has 0 aliphatic carbocycles. The van der Waals surface area contributed by atoms with Crippen molar-refractivity contribution in [2.45, 2.75) is 46.2 Å². The molecule has 0 saturated carbocycles. The normalized spacial score (nSPS) is 15.8. The fourth-order valence-electron chi connectivity index (χ4n) is 4.38. The Labute approximate surface area is 213 Å². The van der Waals surface area contributed by atoms with Gasteiger partial charge in [0.15, 0.2) is 0 Å². The number of anilines is 2. The van der Waals surface area contributed by atoms with E-state index >= 15 is 0 Å². The van der Waals surface area contributed by atoms with Crippen molar-refractivity contribution in [1.82, 2.24) is 10.3 Å². The Kier molecular flexibility index (Phi) is 8.06. The van der Waals surface area contributed by atoms with E-state index in [1.807, 2.05) is 0 Å². The number of hydrazine groups is 1. The zero-order valence-corrected chi connectivity index (χ0v) is 20.9. The van der Waals surface area contributed by atoms with Crippen LogP contribution in [-0.2, 0) is 24.0 Å². The molecule has 0 saturated heterocycles. The summed E-state index contributed by atoms with van der Waals surface area (Å²) < 4.78 is 0. The SMILES string of the molecule is CC(=O)N1C[C@H](NC(=O)c2ccccc2)C(=O)N(N(C(C)=O)[C@H](C=O)CC(=O)O)c2c(C)cc(C)cc21. The number of hydrogen-bond acceptors (Lipinski definition) is 6. The van der Waals surface area contributed by atoms with Crippen LogP contribution < -0.4 is 15.2 Å². The van der Waals surface area contributed by atoms with E-state index in [4.69, 9.17) is 0 Å². The summed E-state index contributed by atoms with van der Waals surface area (Å²) in [6.07, 6.45) is -0.484. The van der Waals surface area contributed by atoms with Gasteiger partial charge in [-0.05, 0) is 43.2 Å². The van der Waals surface area contributed by atoms with Crippen molar-refractivity contribution in [3.05, 3.63) is 59.2 Å². The Hall–Kier alpha value is -4.54. The molecule has 2 aromatic rings. The second-order valence-electron chi connectivity index (χ2n) is 8.79. The summed E-state index contributed by atoms with van der Waals surface area (Å²) in [5.41, 5.74) is 1.94. The summed E-state index contributed by atoms with van der Waals surface area (Å²) in [5.74, 6) is -3.96. The molecule has 194 valence electrons. The van der Waals surface area contributed by atoms with Crippen molar-refractivity contribution in [3.63, 3.8) is 0 Å². The van der Waals surface area contributed by atoms with E-state index in [1.54, 1.807) is 56.3 Å². The van der Waals surface area contributed by atoms with Crippen LogP contribution >= 0.6 is 0 Å². The van der Waals surface area contributed by atoms with E-state index in [0.29, 0.717) is 5.56 Å². The van der Waals surface area contributed by atoms with Crippen LogP contribution in [0.4, 0.5) is 11.4 Å². The van der Waals surface area contributed by atoms with Crippen LogP contribution in [0.1, 0.15) is 41.8 Å². The predicted molar refractivity (Wildman–Crippen MR) is 134 cm³/mol. The van der Waals surface area contributed by atoms with Gasteiger partial charge in [-0.2, -0.15) is 0 Å². The number of aliphatic carboxylic acids is 1. The standard InChI is InChI=1S/C26H28N4O7/c1-15-10-16(2)24-22(11-15)28(17(3)32)13-21(27-25(36)19-8-6-5-7-9-19)26(37)30(24)29(18(4)33)20(14-31)12-23(34)35/h5-11,14,20-21H,12-13H2,1-4H3,(H,27,36)(H,34,35)/t20-,21-/m0/s1. The Morgan fingerprint density at radius 3 is 2.32 bits per heavy atom. The van der Waals surface area contributed by atoms with E-state index in [2.05, 4.69) is 5.32 Å². The van der Waals surface area contributed by atoms with Crippen molar-refractivity contribution in [2.24, 2.45) is 0 Å². The van der Waals surface area contributed by atoms with Gasteiger partial charge in [-0.3, -0.25) is 24.0 Å². The molecule has 4 amide bonds. The fourth-order valence-corrected chi connectivity index (χ4v) is 4.38. The highest BCUT2D eigenvalue weighted by molar-refractivity contribution is 6.10. The quantitative estimate of drug-likeness (QED) is 0.541. The van der Waals surface area contributed by atoms with Crippen molar-refractivity contribution in [3.8, 4) is 0 Å². The molecule has 0 unspecified atom stereocenters. The second kappa shape index (κ2) is 11.0. The summed E-state index contributed by atoms with van der Waals surface area (Å²) in [4.78, 5) is 77.4. The van der Waals surface area contributed by atoms with E-state index in [1.165, 1.54) is 11.8 Å². The molecule has 0 radical (unpaired) electrons. The van der Waals surface area contributed by atoms with Gasteiger partial charge in [-0.15, -0.1) is 0 Å². The van der Waals surface area contributed by atoms with Crippen LogP contribution in [0.2, 0.25) is 0 Å². The summed E-state index contributed by atoms with van der Waals surface area (Å²) in [7, 11) is 0. The van der Waals surface area contributed by atoms with Crippen molar-refractivity contribution in [1.29, 1.82) is 0 Å². The lowest BCUT2D eigenvalue weighted by Crippen LogP contribution is -2.61. The maximum absolute atomic E-state index is 14.0. The largest absolute Gasteiger partial charge is 0.481 e. The molecule has 37 heavy (non-hydrogen) atoms. The van der Waals surface area contributed by atoms with Crippen LogP contribution in [0.25, 0.3) is 0 Å². The van der Waals surface area contributed by atoms with Crippen LogP contribution in [0.3, 0.4) is 0 Å². The van der Waals surface area contributed by atoms with Crippen LogP contribution in [0.5, 0.6) is 0 Å². The molecule has 1 aliphatic heterocycles. The number of aryl methyl sites for hydroxylation is 2. The Bertz CT molecular complexity index is 1260. The lowest BCUT2D eigenvalue weighted by Gasteiger charge is -2.38. The van der Waals surface area contributed by atoms with Gasteiger partial charge in [-0.1, -0.05) is 24.3 Å². The average Bonchev–Trinajstić information content (AvgIpc) is 2.94. The lowest BCUT2D eigenvalue weighted by atomic mass is 10.1. The number of carbonyl (C=O) groups is 6. The first kappa shape index (κ1) is 27.1. The maximum atomic E-state index is 14.0. The molecule has 0 fully saturated rings. The Morgan fingerprint density at radius 2 is 1.78 bits per heavy atom. The number of aldehydes is 1. The number of rotatable bonds is 7. The third kappa shape index (κ3) is 5.66. The molecule has 1 heterocycles. The highest BCUT2D eigenvalue weighted by Crippen LogP contribution is 2.39. The highest BCUT2D eigenvalue weighted by atomic mass is 16.4. The minimum absolute atomic E-state index is 0.134. The number of carboxylic acids is 1. The van der Waals surface area contributed by atoms with Gasteiger partial charge < -0.3 is 20.1 Å². The highest BCUT2D eigenvalue weighted by Gasteiger charge is 2.43. The number of hydrogen-bond donors (Lipinski definition) is 2. The number of nitrogens with one attached hydrogen (secondary N) is 1. The van der Waals surface area contributed by atoms with E-state index < -0.39 is 48.1 Å². The van der Waals surface area contributed by atoms with E-state index in [0.717, 1.165) is 22.5 Å². The van der Waals surface area contributed by atoms with Crippen LogP contribution in [0.15, 0.2) is 42.5 Å². The van der Waals surface area contributed by atoms with Gasteiger partial charge in [0.2, 0.25) is 11.8 Å². The first-order valence-electron chi connectivity index (χ1n) is 11.5. The topological polar surface area (TPSA) is 144 Å². The van der Waals surface area contributed by atoms with Crippen LogP contribution in [-0.4, -0.2) is 64.6 Å². The molecule has 2 N–H and O–H groups in total. The lowest BCUT2D eigenvalue weighted by molar-refractivity contribution is -0.145. The monoisotopic (exact) mass is 508 g/mol. The minimum atomic E-state index is -1.53. The van der Waals surface area contributed by atoms with Crippen molar-refractivity contribution in [2.75, 3.05) is 16.5 Å². The molecule has 2 atom stereocenters. The molecule has 0 bridgehead atoms. The second-order valence-corrected chi connectivity index (χ2v) is 8.79. The number of benzene rings is 2. The molecule has 2 aromatic carbocycles. The van der Waals surface area contributed by atoms with Crippen LogP contribution in [0, 0.1) is 13.8 Å². The fraction of sp³-hybridized carbons (Fsp3) is 0.308. The van der Waals surface area contributed by atoms with Gasteiger partial charge >= 0.3 is 5.97 Å². The first-order chi connectivity index (χ1) is 17.5. The molecule has 11 heteroatoms. The number of nitrogens with zero attached hydrogens (tertiary/aromatic N) is 3. The molecular weight excluding hydrogens is 480 g/mol. The third-order valence-corrected chi connectivity index (χ3v) is 5.91. The van der Waals surface area contributed by atoms with Gasteiger partial charge in [0, 0.05) is 19.4 Å². The zero-order valence-electron chi connectivity index (χ0n) is 20.9. The number of carboxylic acid groups (broad SMARTS) is 1. The summed E-state index contributed by atoms with van der Waals surface area (Å²) >= 11 is 0. The molecule has 11 nitrogen and oxygen atoms in total. The predicted octanol–water partition coefficient (Wildman–Crippen LogP) is 1.61. The Balaban J connectivity index is 2.24. The third-order valence-electron chi connectivity index (χ3n) is 5.91. The zero-order chi connectivity index (χ0) is 27.4. The maximum Gasteiger partial charge on any atom is 0.305 e. The van der Waals surface area contributed by atoms with E-state index in [9.17, 15) is 33.9 Å². The molecule has 0 aromatic heterocycles. The molecule has 3 rings (SSSR count). The Morgan fingerprint density at radius 1 is 1.14 bits per heavy atom. The van der Waals surface area contributed by atoms with E-state index in [-0.39, 0.29) is 29.8 Å². The van der Waals surface area contributed by atoms with Gasteiger partial charge in [-0.25, -0.2) is 10.0 Å². The molecular formula is C26H28N4O7. The van der Waals surface area contributed by atoms with Gasteiger partial charge in [0.05, 0.1) is 24.3 Å². The number of carbonyl (C=O) groups excluding carboxylic acids is 5. The smallest absolute Gasteiger partial charge is 0.305 e. The van der Waals surface area contributed by atoms with Gasteiger partial charge in [0.25, 0.3) is 11.8 Å².